The normalized spacial score (nSPS) is 25.4. The molecule has 0 amide bonds. The molecule has 0 radical (unpaired) electrons. The molecule has 1 aromatic carbocycles. The van der Waals surface area contributed by atoms with Crippen LogP contribution in [-0.2, 0) is 5.60 Å². The lowest BCUT2D eigenvalue weighted by Crippen LogP contribution is -2.44. The van der Waals surface area contributed by atoms with E-state index < -0.39 is 5.60 Å². The van der Waals surface area contributed by atoms with Crippen molar-refractivity contribution in [2.45, 2.75) is 38.4 Å². The highest BCUT2D eigenvalue weighted by Crippen LogP contribution is 2.31. The summed E-state index contributed by atoms with van der Waals surface area (Å²) in [6.45, 7) is 5.79. The van der Waals surface area contributed by atoms with Crippen molar-refractivity contribution >= 4 is 0 Å². The van der Waals surface area contributed by atoms with Crippen molar-refractivity contribution < 1.29 is 9.84 Å². The van der Waals surface area contributed by atoms with Gasteiger partial charge in [0.25, 0.3) is 0 Å². The number of β-amino-alcohol motifs (C(OH)–C–C–N with tert-alkyl or cyclic N) is 1. The molecule has 0 spiro atoms. The molecule has 18 heavy (non-hydrogen) atoms. The zero-order valence-corrected chi connectivity index (χ0v) is 11.5. The van der Waals surface area contributed by atoms with Gasteiger partial charge in [0, 0.05) is 6.54 Å². The summed E-state index contributed by atoms with van der Waals surface area (Å²) in [5.41, 5.74) is 0.286. The van der Waals surface area contributed by atoms with Crippen LogP contribution >= 0.6 is 0 Å². The average Bonchev–Trinajstić information content (AvgIpc) is 2.28. The number of ether oxygens (including phenoxy) is 1. The van der Waals surface area contributed by atoms with Crippen LogP contribution in [0.4, 0.5) is 0 Å². The van der Waals surface area contributed by atoms with Crippen LogP contribution in [-0.4, -0.2) is 36.2 Å². The van der Waals surface area contributed by atoms with E-state index in [2.05, 4.69) is 11.9 Å². The topological polar surface area (TPSA) is 32.7 Å². The highest BCUT2D eigenvalue weighted by molar-refractivity contribution is 5.31. The quantitative estimate of drug-likeness (QED) is 0.893. The first kappa shape index (κ1) is 13.4. The molecule has 1 heterocycles. The third kappa shape index (κ3) is 3.03. The fraction of sp³-hybridized carbons (Fsp3) is 0.600. The van der Waals surface area contributed by atoms with E-state index in [0.29, 0.717) is 6.54 Å². The van der Waals surface area contributed by atoms with Gasteiger partial charge in [-0.25, -0.2) is 0 Å². The van der Waals surface area contributed by atoms with Gasteiger partial charge in [-0.05, 0) is 58.0 Å². The number of likely N-dealkylation sites (N-methyl/N-ethyl adjacent to an activating group) is 1. The van der Waals surface area contributed by atoms with Gasteiger partial charge >= 0.3 is 0 Å². The molecule has 1 aliphatic heterocycles. The number of piperidine rings is 1. The van der Waals surface area contributed by atoms with E-state index in [0.717, 1.165) is 30.7 Å². The van der Waals surface area contributed by atoms with E-state index >= 15 is 0 Å². The van der Waals surface area contributed by atoms with E-state index in [1.165, 1.54) is 0 Å². The molecule has 0 saturated carbocycles. The van der Waals surface area contributed by atoms with Gasteiger partial charge in [-0.2, -0.15) is 0 Å². The summed E-state index contributed by atoms with van der Waals surface area (Å²) in [5.74, 6) is 0.863. The molecule has 1 unspecified atom stereocenters. The van der Waals surface area contributed by atoms with Gasteiger partial charge in [0.2, 0.25) is 0 Å². The van der Waals surface area contributed by atoms with Gasteiger partial charge < -0.3 is 14.7 Å². The molecule has 1 aliphatic rings. The summed E-state index contributed by atoms with van der Waals surface area (Å²) in [5, 5.41) is 10.7. The summed E-state index contributed by atoms with van der Waals surface area (Å²) in [6.07, 6.45) is 2.05. The minimum absolute atomic E-state index is 0.180. The van der Waals surface area contributed by atoms with Gasteiger partial charge in [-0.1, -0.05) is 12.1 Å². The van der Waals surface area contributed by atoms with Crippen LogP contribution in [0.3, 0.4) is 0 Å². The number of likely N-dealkylation sites (tertiary alicyclic amines) is 1. The standard InChI is InChI=1S/C15H23NO2/c1-12(2)18-14-7-5-13(6-8-14)15(17)9-4-10-16(3)11-15/h5-8,12,17H,4,9-11H2,1-3H3. The molecule has 0 aliphatic carbocycles. The van der Waals surface area contributed by atoms with Crippen LogP contribution in [0.25, 0.3) is 0 Å². The van der Waals surface area contributed by atoms with Crippen molar-refractivity contribution in [3.63, 3.8) is 0 Å². The summed E-state index contributed by atoms with van der Waals surface area (Å²) in [6, 6.07) is 7.86. The van der Waals surface area contributed by atoms with E-state index in [-0.39, 0.29) is 6.10 Å². The molecule has 1 saturated heterocycles. The summed E-state index contributed by atoms with van der Waals surface area (Å²) >= 11 is 0. The van der Waals surface area contributed by atoms with E-state index in [4.69, 9.17) is 4.74 Å². The molecule has 100 valence electrons. The van der Waals surface area contributed by atoms with Crippen molar-refractivity contribution in [2.24, 2.45) is 0 Å². The molecular weight excluding hydrogens is 226 g/mol. The molecule has 3 nitrogen and oxygen atoms in total. The SMILES string of the molecule is CC(C)Oc1ccc(C2(O)CCCN(C)C2)cc1. The third-order valence-corrected chi connectivity index (χ3v) is 3.43. The number of nitrogens with zero attached hydrogens (tertiary/aromatic N) is 1. The first-order chi connectivity index (χ1) is 8.49. The van der Waals surface area contributed by atoms with E-state index in [1.54, 1.807) is 0 Å². The van der Waals surface area contributed by atoms with E-state index in [1.807, 2.05) is 38.1 Å². The Morgan fingerprint density at radius 2 is 1.94 bits per heavy atom. The molecule has 1 aromatic rings. The zero-order valence-electron chi connectivity index (χ0n) is 11.5. The van der Waals surface area contributed by atoms with Crippen molar-refractivity contribution in [3.8, 4) is 5.75 Å². The maximum atomic E-state index is 10.7. The first-order valence-electron chi connectivity index (χ1n) is 6.68. The predicted octanol–water partition coefficient (Wildman–Crippen LogP) is 2.39. The fourth-order valence-corrected chi connectivity index (χ4v) is 2.60. The Bertz CT molecular complexity index is 388. The zero-order chi connectivity index (χ0) is 13.2. The second-order valence-electron chi connectivity index (χ2n) is 5.56. The van der Waals surface area contributed by atoms with E-state index in [9.17, 15) is 5.11 Å². The van der Waals surface area contributed by atoms with Gasteiger partial charge in [0.1, 0.15) is 11.4 Å². The second kappa shape index (κ2) is 5.29. The molecule has 1 atom stereocenters. The number of hydrogen-bond donors (Lipinski definition) is 1. The minimum atomic E-state index is -0.705. The Labute approximate surface area is 109 Å². The van der Waals surface area contributed by atoms with Crippen molar-refractivity contribution in [1.29, 1.82) is 0 Å². The third-order valence-electron chi connectivity index (χ3n) is 3.43. The van der Waals surface area contributed by atoms with Crippen molar-refractivity contribution in [3.05, 3.63) is 29.8 Å². The fourth-order valence-electron chi connectivity index (χ4n) is 2.60. The predicted molar refractivity (Wildman–Crippen MR) is 72.8 cm³/mol. The van der Waals surface area contributed by atoms with Gasteiger partial charge in [-0.15, -0.1) is 0 Å². The highest BCUT2D eigenvalue weighted by atomic mass is 16.5. The minimum Gasteiger partial charge on any atom is -0.491 e. The lowest BCUT2D eigenvalue weighted by atomic mass is 9.86. The number of hydrogen-bond acceptors (Lipinski definition) is 3. The Balaban J connectivity index is 2.13. The van der Waals surface area contributed by atoms with Gasteiger partial charge in [0.05, 0.1) is 6.10 Å². The molecule has 0 bridgehead atoms. The van der Waals surface area contributed by atoms with Gasteiger partial charge in [0.15, 0.2) is 0 Å². The Morgan fingerprint density at radius 3 is 2.50 bits per heavy atom. The van der Waals surface area contributed by atoms with Crippen LogP contribution < -0.4 is 4.74 Å². The summed E-state index contributed by atoms with van der Waals surface area (Å²) < 4.78 is 5.62. The molecule has 1 N–H and O–H groups in total. The highest BCUT2D eigenvalue weighted by Gasteiger charge is 2.33. The molecule has 3 heteroatoms. The largest absolute Gasteiger partial charge is 0.491 e. The second-order valence-corrected chi connectivity index (χ2v) is 5.56. The Morgan fingerprint density at radius 1 is 1.28 bits per heavy atom. The molecule has 0 aromatic heterocycles. The molecule has 1 fully saturated rings. The number of benzene rings is 1. The van der Waals surface area contributed by atoms with Crippen molar-refractivity contribution in [2.75, 3.05) is 20.1 Å². The maximum absolute atomic E-state index is 10.7. The van der Waals surface area contributed by atoms with Crippen LogP contribution in [0, 0.1) is 0 Å². The Hall–Kier alpha value is -1.06. The molecular formula is C15H23NO2. The average molecular weight is 249 g/mol. The number of rotatable bonds is 3. The smallest absolute Gasteiger partial charge is 0.119 e. The van der Waals surface area contributed by atoms with Crippen molar-refractivity contribution in [1.82, 2.24) is 4.90 Å². The summed E-state index contributed by atoms with van der Waals surface area (Å²) in [4.78, 5) is 2.18. The lowest BCUT2D eigenvalue weighted by Gasteiger charge is -2.37. The first-order valence-corrected chi connectivity index (χ1v) is 6.68. The monoisotopic (exact) mass is 249 g/mol. The lowest BCUT2D eigenvalue weighted by molar-refractivity contribution is -0.0278. The molecule has 2 rings (SSSR count). The maximum Gasteiger partial charge on any atom is 0.119 e. The number of aliphatic hydroxyl groups is 1. The van der Waals surface area contributed by atoms with Crippen LogP contribution in [0.5, 0.6) is 5.75 Å². The Kier molecular flexibility index (Phi) is 3.93. The van der Waals surface area contributed by atoms with Crippen LogP contribution in [0.15, 0.2) is 24.3 Å². The van der Waals surface area contributed by atoms with Gasteiger partial charge in [-0.3, -0.25) is 0 Å². The van der Waals surface area contributed by atoms with Crippen LogP contribution in [0.2, 0.25) is 0 Å². The summed E-state index contributed by atoms with van der Waals surface area (Å²) in [7, 11) is 2.06. The van der Waals surface area contributed by atoms with Crippen LogP contribution in [0.1, 0.15) is 32.3 Å².